The van der Waals surface area contributed by atoms with Crippen molar-refractivity contribution in [2.45, 2.75) is 64.6 Å². The van der Waals surface area contributed by atoms with Gasteiger partial charge in [0.2, 0.25) is 11.8 Å². The van der Waals surface area contributed by atoms with E-state index >= 15 is 0 Å². The Labute approximate surface area is 109 Å². The Morgan fingerprint density at radius 2 is 1.72 bits per heavy atom. The lowest BCUT2D eigenvalue weighted by Gasteiger charge is -2.24. The molecule has 0 aromatic heterocycles. The number of rotatable bonds is 6. The highest BCUT2D eigenvalue weighted by Crippen LogP contribution is 2.17. The first-order valence-corrected chi connectivity index (χ1v) is 6.77. The van der Waals surface area contributed by atoms with E-state index in [1.807, 2.05) is 13.8 Å². The topological polar surface area (TPSA) is 84.2 Å². The average Bonchev–Trinajstić information content (AvgIpc) is 2.77. The highest BCUT2D eigenvalue weighted by atomic mass is 16.2. The van der Waals surface area contributed by atoms with E-state index in [1.165, 1.54) is 12.8 Å². The number of carbonyl (C=O) groups is 2. The minimum absolute atomic E-state index is 0.0474. The van der Waals surface area contributed by atoms with Gasteiger partial charge in [-0.1, -0.05) is 26.7 Å². The van der Waals surface area contributed by atoms with E-state index in [0.29, 0.717) is 6.04 Å². The van der Waals surface area contributed by atoms with Crippen molar-refractivity contribution in [1.82, 2.24) is 10.6 Å². The highest BCUT2D eigenvalue weighted by Gasteiger charge is 2.26. The molecule has 0 saturated heterocycles. The standard InChI is InChI=1S/C13H25N3O2/c1-8(2)11(12(14)17)15-9(3)13(18)16-10-6-4-5-7-10/h8-11,15H,4-7H2,1-3H3,(H2,14,17)(H,16,18). The molecule has 1 aliphatic rings. The third kappa shape index (κ3) is 4.29. The number of nitrogens with one attached hydrogen (secondary N) is 2. The molecule has 4 N–H and O–H groups in total. The summed E-state index contributed by atoms with van der Waals surface area (Å²) in [4.78, 5) is 23.2. The summed E-state index contributed by atoms with van der Waals surface area (Å²) >= 11 is 0. The maximum atomic E-state index is 12.0. The lowest BCUT2D eigenvalue weighted by atomic mass is 10.0. The summed E-state index contributed by atoms with van der Waals surface area (Å²) in [5.74, 6) is -0.386. The molecular formula is C13H25N3O2. The number of hydrogen-bond donors (Lipinski definition) is 3. The van der Waals surface area contributed by atoms with Crippen LogP contribution in [-0.4, -0.2) is 29.9 Å². The van der Waals surface area contributed by atoms with Crippen molar-refractivity contribution in [3.63, 3.8) is 0 Å². The summed E-state index contributed by atoms with van der Waals surface area (Å²) in [5.41, 5.74) is 5.32. The summed E-state index contributed by atoms with van der Waals surface area (Å²) in [6.07, 6.45) is 4.48. The van der Waals surface area contributed by atoms with E-state index in [0.717, 1.165) is 12.8 Å². The van der Waals surface area contributed by atoms with Gasteiger partial charge in [-0.2, -0.15) is 0 Å². The van der Waals surface area contributed by atoms with Crippen molar-refractivity contribution in [3.05, 3.63) is 0 Å². The van der Waals surface area contributed by atoms with Crippen LogP contribution in [0.2, 0.25) is 0 Å². The molecule has 0 spiro atoms. The van der Waals surface area contributed by atoms with Crippen LogP contribution < -0.4 is 16.4 Å². The Kier molecular flexibility index (Phi) is 5.59. The van der Waals surface area contributed by atoms with Crippen LogP contribution in [0.25, 0.3) is 0 Å². The van der Waals surface area contributed by atoms with E-state index < -0.39 is 18.0 Å². The van der Waals surface area contributed by atoms with Gasteiger partial charge in [0, 0.05) is 6.04 Å². The number of amides is 2. The summed E-state index contributed by atoms with van der Waals surface area (Å²) in [6, 6.07) is -0.562. The molecule has 1 saturated carbocycles. The fourth-order valence-electron chi connectivity index (χ4n) is 2.34. The van der Waals surface area contributed by atoms with Gasteiger partial charge >= 0.3 is 0 Å². The van der Waals surface area contributed by atoms with Crippen molar-refractivity contribution in [3.8, 4) is 0 Å². The predicted octanol–water partition coefficient (Wildman–Crippen LogP) is 0.533. The maximum absolute atomic E-state index is 12.0. The van der Waals surface area contributed by atoms with Gasteiger partial charge in [-0.05, 0) is 25.7 Å². The first kappa shape index (κ1) is 15.0. The second-order valence-corrected chi connectivity index (χ2v) is 5.50. The Hall–Kier alpha value is -1.10. The Morgan fingerprint density at radius 3 is 2.17 bits per heavy atom. The molecule has 0 radical (unpaired) electrons. The van der Waals surface area contributed by atoms with Gasteiger partial charge in [0.1, 0.15) is 0 Å². The summed E-state index contributed by atoms with van der Waals surface area (Å²) in [7, 11) is 0. The minimum atomic E-state index is -0.464. The fourth-order valence-corrected chi connectivity index (χ4v) is 2.34. The van der Waals surface area contributed by atoms with Gasteiger partial charge in [-0.25, -0.2) is 0 Å². The molecular weight excluding hydrogens is 230 g/mol. The monoisotopic (exact) mass is 255 g/mol. The number of nitrogens with two attached hydrogens (primary N) is 1. The molecule has 2 amide bonds. The van der Waals surface area contributed by atoms with E-state index in [1.54, 1.807) is 6.92 Å². The Bertz CT molecular complexity index is 299. The van der Waals surface area contributed by atoms with Gasteiger partial charge in [0.05, 0.1) is 12.1 Å². The lowest BCUT2D eigenvalue weighted by Crippen LogP contribution is -2.54. The molecule has 0 heterocycles. The maximum Gasteiger partial charge on any atom is 0.237 e. The molecule has 1 rings (SSSR count). The van der Waals surface area contributed by atoms with Gasteiger partial charge in [0.25, 0.3) is 0 Å². The molecule has 2 atom stereocenters. The molecule has 104 valence electrons. The number of hydrogen-bond acceptors (Lipinski definition) is 3. The molecule has 2 unspecified atom stereocenters. The smallest absolute Gasteiger partial charge is 0.237 e. The molecule has 0 aliphatic heterocycles. The van der Waals surface area contributed by atoms with Crippen LogP contribution in [0.1, 0.15) is 46.5 Å². The van der Waals surface area contributed by atoms with Crippen molar-refractivity contribution in [2.24, 2.45) is 11.7 Å². The predicted molar refractivity (Wildman–Crippen MR) is 70.8 cm³/mol. The number of carbonyl (C=O) groups excluding carboxylic acids is 2. The second-order valence-electron chi connectivity index (χ2n) is 5.50. The second kappa shape index (κ2) is 6.73. The zero-order valence-electron chi connectivity index (χ0n) is 11.5. The highest BCUT2D eigenvalue weighted by molar-refractivity contribution is 5.84. The normalized spacial score (nSPS) is 19.8. The molecule has 0 bridgehead atoms. The molecule has 0 aromatic carbocycles. The van der Waals surface area contributed by atoms with Gasteiger partial charge in [0.15, 0.2) is 0 Å². The van der Waals surface area contributed by atoms with Crippen LogP contribution in [0, 0.1) is 5.92 Å². The largest absolute Gasteiger partial charge is 0.368 e. The van der Waals surface area contributed by atoms with Gasteiger partial charge < -0.3 is 11.1 Å². The molecule has 18 heavy (non-hydrogen) atoms. The average molecular weight is 255 g/mol. The zero-order valence-corrected chi connectivity index (χ0v) is 11.5. The van der Waals surface area contributed by atoms with Crippen LogP contribution >= 0.6 is 0 Å². The summed E-state index contributed by atoms with van der Waals surface area (Å²) in [5, 5.41) is 6.01. The van der Waals surface area contributed by atoms with E-state index in [2.05, 4.69) is 10.6 Å². The summed E-state index contributed by atoms with van der Waals surface area (Å²) < 4.78 is 0. The SMILES string of the molecule is CC(NC(C(N)=O)C(C)C)C(=O)NC1CCCC1. The molecule has 1 fully saturated rings. The van der Waals surface area contributed by atoms with E-state index in [9.17, 15) is 9.59 Å². The first-order chi connectivity index (χ1) is 8.41. The first-order valence-electron chi connectivity index (χ1n) is 6.77. The van der Waals surface area contributed by atoms with Gasteiger partial charge in [-0.3, -0.25) is 14.9 Å². The van der Waals surface area contributed by atoms with E-state index in [-0.39, 0.29) is 11.8 Å². The summed E-state index contributed by atoms with van der Waals surface area (Å²) in [6.45, 7) is 5.58. The third-order valence-electron chi connectivity index (χ3n) is 3.50. The molecule has 1 aliphatic carbocycles. The third-order valence-corrected chi connectivity index (χ3v) is 3.50. The quantitative estimate of drug-likeness (QED) is 0.647. The molecule has 5 nitrogen and oxygen atoms in total. The van der Waals surface area contributed by atoms with Crippen LogP contribution in [0.15, 0.2) is 0 Å². The van der Waals surface area contributed by atoms with Crippen molar-refractivity contribution in [2.75, 3.05) is 0 Å². The van der Waals surface area contributed by atoms with E-state index in [4.69, 9.17) is 5.73 Å². The Balaban J connectivity index is 2.44. The molecule has 0 aromatic rings. The van der Waals surface area contributed by atoms with Crippen molar-refractivity contribution < 1.29 is 9.59 Å². The van der Waals surface area contributed by atoms with Crippen LogP contribution in [0.5, 0.6) is 0 Å². The van der Waals surface area contributed by atoms with Crippen molar-refractivity contribution >= 4 is 11.8 Å². The van der Waals surface area contributed by atoms with Gasteiger partial charge in [-0.15, -0.1) is 0 Å². The Morgan fingerprint density at radius 1 is 1.17 bits per heavy atom. The lowest BCUT2D eigenvalue weighted by molar-refractivity contribution is -0.125. The van der Waals surface area contributed by atoms with Crippen molar-refractivity contribution in [1.29, 1.82) is 0 Å². The zero-order chi connectivity index (χ0) is 13.7. The van der Waals surface area contributed by atoms with Crippen LogP contribution in [0.3, 0.4) is 0 Å². The fraction of sp³-hybridized carbons (Fsp3) is 0.846. The minimum Gasteiger partial charge on any atom is -0.368 e. The number of primary amides is 1. The van der Waals surface area contributed by atoms with Crippen LogP contribution in [0.4, 0.5) is 0 Å². The van der Waals surface area contributed by atoms with Crippen LogP contribution in [-0.2, 0) is 9.59 Å². The molecule has 5 heteroatoms.